The zero-order chi connectivity index (χ0) is 23.3. The molecule has 2 aromatic heterocycles. The Balaban J connectivity index is 1.23. The molecule has 174 valence electrons. The number of nitrogens with one attached hydrogen (secondary N) is 1. The van der Waals surface area contributed by atoms with Crippen molar-refractivity contribution in [3.05, 3.63) is 84.3 Å². The Bertz CT molecular complexity index is 1240. The smallest absolute Gasteiger partial charge is 0.230 e. The Morgan fingerprint density at radius 1 is 1.09 bits per heavy atom. The number of nitrogens with zero attached hydrogens (tertiary/aromatic N) is 4. The van der Waals surface area contributed by atoms with Gasteiger partial charge < -0.3 is 9.73 Å². The number of carbonyl (C=O) groups excluding carboxylic acids is 1. The number of aryl methyl sites for hydroxylation is 1. The predicted octanol–water partition coefficient (Wildman–Crippen LogP) is 4.32. The van der Waals surface area contributed by atoms with E-state index in [1.165, 1.54) is 17.3 Å². The average Bonchev–Trinajstić information content (AvgIpc) is 3.59. The molecule has 1 fully saturated rings. The number of hydrogen-bond acceptors (Lipinski definition) is 6. The summed E-state index contributed by atoms with van der Waals surface area (Å²) in [5, 5.41) is 12.7. The van der Waals surface area contributed by atoms with Gasteiger partial charge in [0.2, 0.25) is 5.91 Å². The van der Waals surface area contributed by atoms with Gasteiger partial charge in [0, 0.05) is 31.4 Å². The van der Waals surface area contributed by atoms with Gasteiger partial charge in [-0.1, -0.05) is 60.3 Å². The van der Waals surface area contributed by atoms with Crippen LogP contribution in [0.5, 0.6) is 0 Å². The first kappa shape index (κ1) is 22.4. The Hall–Kier alpha value is -3.36. The first-order valence-corrected chi connectivity index (χ1v) is 12.4. The van der Waals surface area contributed by atoms with Crippen LogP contribution >= 0.6 is 11.8 Å². The molecule has 7 nitrogen and oxygen atoms in total. The number of amides is 1. The average molecular weight is 474 g/mol. The molecule has 1 saturated heterocycles. The molecule has 2 aromatic carbocycles. The minimum atomic E-state index is 0.0141. The number of rotatable bonds is 8. The third-order valence-corrected chi connectivity index (χ3v) is 6.90. The van der Waals surface area contributed by atoms with Crippen LogP contribution in [0.15, 0.2) is 82.6 Å². The highest BCUT2D eigenvalue weighted by Gasteiger charge is 2.25. The number of benzene rings is 2. The fourth-order valence-electron chi connectivity index (χ4n) is 4.30. The molecule has 1 aliphatic heterocycles. The van der Waals surface area contributed by atoms with Crippen LogP contribution in [-0.4, -0.2) is 50.5 Å². The van der Waals surface area contributed by atoms with Crippen molar-refractivity contribution in [1.29, 1.82) is 0 Å². The van der Waals surface area contributed by atoms with E-state index < -0.39 is 0 Å². The zero-order valence-electron chi connectivity index (χ0n) is 19.1. The van der Waals surface area contributed by atoms with E-state index in [0.717, 1.165) is 43.1 Å². The summed E-state index contributed by atoms with van der Waals surface area (Å²) in [6.07, 6.45) is 2.62. The lowest BCUT2D eigenvalue weighted by molar-refractivity contribution is -0.119. The first-order chi connectivity index (χ1) is 16.7. The van der Waals surface area contributed by atoms with Crippen molar-refractivity contribution in [3.63, 3.8) is 0 Å². The maximum atomic E-state index is 12.8. The van der Waals surface area contributed by atoms with Crippen LogP contribution < -0.4 is 5.32 Å². The maximum absolute atomic E-state index is 12.8. The molecule has 1 unspecified atom stereocenters. The van der Waals surface area contributed by atoms with Gasteiger partial charge in [-0.15, -0.1) is 10.2 Å². The van der Waals surface area contributed by atoms with E-state index in [2.05, 4.69) is 44.7 Å². The second-order valence-corrected chi connectivity index (χ2v) is 9.37. The minimum Gasteiger partial charge on any atom is -0.469 e. The summed E-state index contributed by atoms with van der Waals surface area (Å²) in [6, 6.07) is 22.5. The number of furan rings is 1. The summed E-state index contributed by atoms with van der Waals surface area (Å²) in [5.74, 6) is 1.78. The number of aromatic nitrogens is 3. The quantitative estimate of drug-likeness (QED) is 0.384. The molecule has 4 aromatic rings. The maximum Gasteiger partial charge on any atom is 0.230 e. The molecule has 3 heterocycles. The summed E-state index contributed by atoms with van der Waals surface area (Å²) >= 11 is 1.39. The van der Waals surface area contributed by atoms with Crippen molar-refractivity contribution < 1.29 is 9.21 Å². The Morgan fingerprint density at radius 2 is 1.85 bits per heavy atom. The molecule has 8 heteroatoms. The van der Waals surface area contributed by atoms with Gasteiger partial charge in [-0.3, -0.25) is 14.3 Å². The number of hydrogen-bond donors (Lipinski definition) is 1. The van der Waals surface area contributed by atoms with E-state index in [0.29, 0.717) is 11.0 Å². The van der Waals surface area contributed by atoms with E-state index >= 15 is 0 Å². The van der Waals surface area contributed by atoms with Crippen LogP contribution in [0.25, 0.3) is 17.1 Å². The van der Waals surface area contributed by atoms with Gasteiger partial charge in [-0.05, 0) is 37.1 Å². The molecule has 0 bridgehead atoms. The van der Waals surface area contributed by atoms with E-state index in [9.17, 15) is 4.79 Å². The van der Waals surface area contributed by atoms with Gasteiger partial charge >= 0.3 is 0 Å². The number of carbonyl (C=O) groups is 1. The normalized spacial score (nSPS) is 16.1. The highest BCUT2D eigenvalue weighted by atomic mass is 32.2. The highest BCUT2D eigenvalue weighted by molar-refractivity contribution is 7.99. The van der Waals surface area contributed by atoms with E-state index in [-0.39, 0.29) is 17.7 Å². The van der Waals surface area contributed by atoms with E-state index in [1.807, 2.05) is 54.0 Å². The van der Waals surface area contributed by atoms with Gasteiger partial charge in [0.15, 0.2) is 11.0 Å². The lowest BCUT2D eigenvalue weighted by atomic mass is 10.2. The van der Waals surface area contributed by atoms with Gasteiger partial charge in [-0.2, -0.15) is 0 Å². The summed E-state index contributed by atoms with van der Waals surface area (Å²) in [6.45, 7) is 4.68. The second-order valence-electron chi connectivity index (χ2n) is 8.43. The number of thioether (sulfide) groups is 1. The molecular weight excluding hydrogens is 446 g/mol. The van der Waals surface area contributed by atoms with Crippen LogP contribution in [0, 0.1) is 6.92 Å². The molecule has 0 aliphatic carbocycles. The van der Waals surface area contributed by atoms with Crippen molar-refractivity contribution in [3.8, 4) is 17.1 Å². The Labute approximate surface area is 203 Å². The van der Waals surface area contributed by atoms with Crippen LogP contribution in [-0.2, 0) is 11.3 Å². The molecular formula is C26H27N5O2S. The van der Waals surface area contributed by atoms with Crippen molar-refractivity contribution in [2.45, 2.75) is 31.1 Å². The van der Waals surface area contributed by atoms with Crippen molar-refractivity contribution in [2.24, 2.45) is 0 Å². The Morgan fingerprint density at radius 3 is 2.59 bits per heavy atom. The Kier molecular flexibility index (Phi) is 6.78. The lowest BCUT2D eigenvalue weighted by Gasteiger charge is -2.17. The zero-order valence-corrected chi connectivity index (χ0v) is 19.9. The summed E-state index contributed by atoms with van der Waals surface area (Å²) in [5.41, 5.74) is 3.13. The van der Waals surface area contributed by atoms with Gasteiger partial charge in [0.05, 0.1) is 17.6 Å². The standard InChI is InChI=1S/C26H27N5O2S/c1-19-23(13-15-33-19)25-28-29-26(31(25)22-10-6-3-7-11-22)34-18-24(32)27-21-12-14-30(17-21)16-20-8-4-2-5-9-20/h2-11,13,15,21H,12,14,16-18H2,1H3,(H,27,32). The molecule has 1 N–H and O–H groups in total. The lowest BCUT2D eigenvalue weighted by Crippen LogP contribution is -2.38. The predicted molar refractivity (Wildman–Crippen MR) is 133 cm³/mol. The van der Waals surface area contributed by atoms with Crippen LogP contribution in [0.4, 0.5) is 0 Å². The van der Waals surface area contributed by atoms with Gasteiger partial charge in [-0.25, -0.2) is 0 Å². The van der Waals surface area contributed by atoms with Crippen LogP contribution in [0.3, 0.4) is 0 Å². The van der Waals surface area contributed by atoms with Gasteiger partial charge in [0.25, 0.3) is 0 Å². The molecule has 0 radical (unpaired) electrons. The van der Waals surface area contributed by atoms with Crippen LogP contribution in [0.1, 0.15) is 17.7 Å². The van der Waals surface area contributed by atoms with Crippen molar-refractivity contribution in [1.82, 2.24) is 25.0 Å². The van der Waals surface area contributed by atoms with Crippen molar-refractivity contribution >= 4 is 17.7 Å². The van der Waals surface area contributed by atoms with E-state index in [4.69, 9.17) is 4.42 Å². The fourth-order valence-corrected chi connectivity index (χ4v) is 5.06. The molecule has 1 aliphatic rings. The third-order valence-electron chi connectivity index (χ3n) is 5.97. The molecule has 5 rings (SSSR count). The highest BCUT2D eigenvalue weighted by Crippen LogP contribution is 2.30. The largest absolute Gasteiger partial charge is 0.469 e. The second kappa shape index (κ2) is 10.3. The first-order valence-electron chi connectivity index (χ1n) is 11.4. The fraction of sp³-hybridized carbons (Fsp3) is 0.269. The molecule has 0 spiro atoms. The monoisotopic (exact) mass is 473 g/mol. The molecule has 1 amide bonds. The molecule has 1 atom stereocenters. The number of para-hydroxylation sites is 1. The summed E-state index contributed by atoms with van der Waals surface area (Å²) in [4.78, 5) is 15.1. The minimum absolute atomic E-state index is 0.0141. The summed E-state index contributed by atoms with van der Waals surface area (Å²) in [7, 11) is 0. The number of likely N-dealkylation sites (tertiary alicyclic amines) is 1. The van der Waals surface area contributed by atoms with E-state index in [1.54, 1.807) is 6.26 Å². The molecule has 0 saturated carbocycles. The van der Waals surface area contributed by atoms with Gasteiger partial charge in [0.1, 0.15) is 5.76 Å². The van der Waals surface area contributed by atoms with Crippen molar-refractivity contribution in [2.75, 3.05) is 18.8 Å². The van der Waals surface area contributed by atoms with Crippen LogP contribution in [0.2, 0.25) is 0 Å². The third kappa shape index (κ3) is 5.08. The topological polar surface area (TPSA) is 76.2 Å². The summed E-state index contributed by atoms with van der Waals surface area (Å²) < 4.78 is 7.46. The SMILES string of the molecule is Cc1occc1-c1nnc(SCC(=O)NC2CCN(Cc3ccccc3)C2)n1-c1ccccc1. The molecule has 34 heavy (non-hydrogen) atoms.